The Morgan fingerprint density at radius 3 is 2.39 bits per heavy atom. The summed E-state index contributed by atoms with van der Waals surface area (Å²) in [6.07, 6.45) is 2.30. The Morgan fingerprint density at radius 2 is 1.67 bits per heavy atom. The molecule has 0 aliphatic heterocycles. The first kappa shape index (κ1) is 23.3. The lowest BCUT2D eigenvalue weighted by Gasteiger charge is -2.24. The molecule has 0 bridgehead atoms. The van der Waals surface area contributed by atoms with Gasteiger partial charge in [0, 0.05) is 18.2 Å². The molecule has 1 heterocycles. The summed E-state index contributed by atoms with van der Waals surface area (Å²) in [5.41, 5.74) is 2.47. The number of carbonyl (C=O) groups is 2. The second-order valence-corrected chi connectivity index (χ2v) is 8.52. The van der Waals surface area contributed by atoms with Crippen molar-refractivity contribution >= 4 is 28.4 Å². The van der Waals surface area contributed by atoms with Gasteiger partial charge in [-0.05, 0) is 46.9 Å². The third kappa shape index (κ3) is 4.22. The zero-order valence-electron chi connectivity index (χ0n) is 20.2. The van der Waals surface area contributed by atoms with Crippen LogP contribution in [0.2, 0.25) is 0 Å². The van der Waals surface area contributed by atoms with Crippen molar-refractivity contribution < 1.29 is 23.8 Å². The molecule has 4 aromatic rings. The summed E-state index contributed by atoms with van der Waals surface area (Å²) in [5, 5.41) is 4.60. The topological polar surface area (TPSA) is 99.6 Å². The molecule has 3 aromatic carbocycles. The van der Waals surface area contributed by atoms with Gasteiger partial charge in [-0.25, -0.2) is 9.97 Å². The van der Waals surface area contributed by atoms with Crippen LogP contribution < -0.4 is 19.5 Å². The van der Waals surface area contributed by atoms with Crippen molar-refractivity contribution in [2.45, 2.75) is 18.8 Å². The average Bonchev–Trinajstić information content (AvgIpc) is 2.91. The number of benzene rings is 3. The summed E-state index contributed by atoms with van der Waals surface area (Å²) in [6, 6.07) is 16.9. The summed E-state index contributed by atoms with van der Waals surface area (Å²) in [4.78, 5) is 34.8. The molecule has 1 N–H and O–H groups in total. The van der Waals surface area contributed by atoms with E-state index in [1.807, 2.05) is 48.5 Å². The lowest BCUT2D eigenvalue weighted by Crippen LogP contribution is -2.22. The minimum absolute atomic E-state index is 0.0538. The highest BCUT2D eigenvalue weighted by Crippen LogP contribution is 2.42. The molecule has 0 fully saturated rings. The highest BCUT2D eigenvalue weighted by Gasteiger charge is 2.30. The van der Waals surface area contributed by atoms with E-state index in [2.05, 4.69) is 15.3 Å². The third-order valence-electron chi connectivity index (χ3n) is 6.46. The molecule has 8 heteroatoms. The maximum absolute atomic E-state index is 13.1. The zero-order valence-corrected chi connectivity index (χ0v) is 20.2. The molecule has 1 amide bonds. The molecule has 0 radical (unpaired) electrons. The fourth-order valence-electron chi connectivity index (χ4n) is 4.67. The van der Waals surface area contributed by atoms with Crippen LogP contribution >= 0.6 is 0 Å². The minimum atomic E-state index is -0.310. The molecule has 0 saturated heterocycles. The van der Waals surface area contributed by atoms with Crippen molar-refractivity contribution in [3.63, 3.8) is 0 Å². The lowest BCUT2D eigenvalue weighted by molar-refractivity contribution is 0.0962. The van der Waals surface area contributed by atoms with E-state index in [4.69, 9.17) is 14.2 Å². The number of Topliss-reactive ketones (excluding diaryl/α,β-unsaturated/α-hetero) is 1. The molecule has 1 aliphatic carbocycles. The molecule has 8 nitrogen and oxygen atoms in total. The Kier molecular flexibility index (Phi) is 6.25. The SMILES string of the molecule is COc1cc(C2CC(=O)c3cnc(NC(=O)c4cccc5ccccc45)nc3C2)cc(OC)c1OC. The first-order valence-electron chi connectivity index (χ1n) is 11.5. The number of ketones is 1. The van der Waals surface area contributed by atoms with Gasteiger partial charge in [0.05, 0.1) is 32.6 Å². The van der Waals surface area contributed by atoms with Crippen molar-refractivity contribution in [3.8, 4) is 17.2 Å². The molecule has 1 unspecified atom stereocenters. The maximum Gasteiger partial charge on any atom is 0.258 e. The van der Waals surface area contributed by atoms with E-state index in [1.165, 1.54) is 6.20 Å². The third-order valence-corrected chi connectivity index (χ3v) is 6.46. The van der Waals surface area contributed by atoms with Crippen molar-refractivity contribution in [3.05, 3.63) is 83.2 Å². The van der Waals surface area contributed by atoms with E-state index in [1.54, 1.807) is 27.4 Å². The van der Waals surface area contributed by atoms with Crippen LogP contribution in [-0.2, 0) is 6.42 Å². The predicted molar refractivity (Wildman–Crippen MR) is 135 cm³/mol. The number of rotatable bonds is 6. The molecule has 0 spiro atoms. The van der Waals surface area contributed by atoms with Crippen LogP contribution in [0.1, 0.15) is 44.3 Å². The quantitative estimate of drug-likeness (QED) is 0.420. The maximum atomic E-state index is 13.1. The van der Waals surface area contributed by atoms with Crippen LogP contribution in [0.25, 0.3) is 10.8 Å². The molecule has 1 atom stereocenters. The number of hydrogen-bond donors (Lipinski definition) is 1. The Balaban J connectivity index is 1.44. The van der Waals surface area contributed by atoms with Gasteiger partial charge in [-0.3, -0.25) is 14.9 Å². The van der Waals surface area contributed by atoms with Gasteiger partial charge in [0.15, 0.2) is 17.3 Å². The molecule has 36 heavy (non-hydrogen) atoms. The lowest BCUT2D eigenvalue weighted by atomic mass is 9.82. The van der Waals surface area contributed by atoms with Gasteiger partial charge in [0.2, 0.25) is 11.7 Å². The highest BCUT2D eigenvalue weighted by molar-refractivity contribution is 6.12. The van der Waals surface area contributed by atoms with Crippen LogP contribution in [0, 0.1) is 0 Å². The summed E-state index contributed by atoms with van der Waals surface area (Å²) in [5.74, 6) is 1.19. The van der Waals surface area contributed by atoms with Gasteiger partial charge in [0.25, 0.3) is 5.91 Å². The number of nitrogens with one attached hydrogen (secondary N) is 1. The summed E-state index contributed by atoms with van der Waals surface area (Å²) in [7, 11) is 4.66. The largest absolute Gasteiger partial charge is 0.493 e. The van der Waals surface area contributed by atoms with Crippen molar-refractivity contribution in [1.29, 1.82) is 0 Å². The van der Waals surface area contributed by atoms with Crippen LogP contribution in [-0.4, -0.2) is 43.0 Å². The van der Waals surface area contributed by atoms with Crippen LogP contribution in [0.15, 0.2) is 60.8 Å². The summed E-state index contributed by atoms with van der Waals surface area (Å²) in [6.45, 7) is 0. The van der Waals surface area contributed by atoms with Gasteiger partial charge in [-0.15, -0.1) is 0 Å². The van der Waals surface area contributed by atoms with Crippen molar-refractivity contribution in [2.75, 3.05) is 26.6 Å². The number of amides is 1. The van der Waals surface area contributed by atoms with Gasteiger partial charge in [-0.1, -0.05) is 36.4 Å². The van der Waals surface area contributed by atoms with E-state index in [0.717, 1.165) is 16.3 Å². The molecule has 1 aliphatic rings. The number of fused-ring (bicyclic) bond motifs is 2. The van der Waals surface area contributed by atoms with E-state index >= 15 is 0 Å². The highest BCUT2D eigenvalue weighted by atomic mass is 16.5. The number of aromatic nitrogens is 2. The molecule has 0 saturated carbocycles. The molecule has 1 aromatic heterocycles. The van der Waals surface area contributed by atoms with Gasteiger partial charge in [-0.2, -0.15) is 0 Å². The van der Waals surface area contributed by atoms with Crippen molar-refractivity contribution in [1.82, 2.24) is 9.97 Å². The van der Waals surface area contributed by atoms with Gasteiger partial charge in [0.1, 0.15) is 0 Å². The van der Waals surface area contributed by atoms with Gasteiger partial charge < -0.3 is 14.2 Å². The standard InChI is InChI=1S/C28H25N3O5/c1-34-24-13-18(14-25(35-2)26(24)36-3)17-11-22-21(23(32)12-17)15-29-28(30-22)31-27(33)20-10-6-8-16-7-4-5-9-19(16)20/h4-10,13-15,17H,11-12H2,1-3H3,(H,29,30,31,33). The fourth-order valence-corrected chi connectivity index (χ4v) is 4.67. The van der Waals surface area contributed by atoms with Crippen LogP contribution in [0.3, 0.4) is 0 Å². The van der Waals surface area contributed by atoms with E-state index < -0.39 is 0 Å². The fraction of sp³-hybridized carbons (Fsp3) is 0.214. The smallest absolute Gasteiger partial charge is 0.258 e. The summed E-state index contributed by atoms with van der Waals surface area (Å²) >= 11 is 0. The van der Waals surface area contributed by atoms with Gasteiger partial charge >= 0.3 is 0 Å². The molecular weight excluding hydrogens is 458 g/mol. The number of hydrogen-bond acceptors (Lipinski definition) is 7. The number of nitrogens with zero attached hydrogens (tertiary/aromatic N) is 2. The minimum Gasteiger partial charge on any atom is -0.493 e. The van der Waals surface area contributed by atoms with Crippen LogP contribution in [0.4, 0.5) is 5.95 Å². The summed E-state index contributed by atoms with van der Waals surface area (Å²) < 4.78 is 16.4. The van der Waals surface area contributed by atoms with E-state index in [-0.39, 0.29) is 23.6 Å². The molecule has 182 valence electrons. The normalized spacial score (nSPS) is 14.8. The van der Waals surface area contributed by atoms with E-state index in [0.29, 0.717) is 46.9 Å². The average molecular weight is 484 g/mol. The zero-order chi connectivity index (χ0) is 25.2. The second-order valence-electron chi connectivity index (χ2n) is 8.52. The Bertz CT molecular complexity index is 1450. The Morgan fingerprint density at radius 1 is 0.944 bits per heavy atom. The number of methoxy groups -OCH3 is 3. The number of ether oxygens (including phenoxy) is 3. The Labute approximate surface area is 208 Å². The predicted octanol–water partition coefficient (Wildman–Crippen LogP) is 4.82. The number of anilines is 1. The van der Waals surface area contributed by atoms with Crippen molar-refractivity contribution in [2.24, 2.45) is 0 Å². The molecular formula is C28H25N3O5. The van der Waals surface area contributed by atoms with Crippen LogP contribution in [0.5, 0.6) is 17.2 Å². The second kappa shape index (κ2) is 9.65. The van der Waals surface area contributed by atoms with E-state index in [9.17, 15) is 9.59 Å². The Hall–Kier alpha value is -4.46. The first-order chi connectivity index (χ1) is 17.5. The first-order valence-corrected chi connectivity index (χ1v) is 11.5. The molecule has 5 rings (SSSR count). The number of carbonyl (C=O) groups excluding carboxylic acids is 2. The monoisotopic (exact) mass is 483 g/mol.